The predicted octanol–water partition coefficient (Wildman–Crippen LogP) is 3.82. The number of aliphatic hydroxyl groups is 1. The number of nitrogens with zero attached hydrogens (tertiary/aromatic N) is 6. The van der Waals surface area contributed by atoms with E-state index < -0.39 is 30.3 Å². The topological polar surface area (TPSA) is 90.8 Å². The first-order chi connectivity index (χ1) is 16.0. The van der Waals surface area contributed by atoms with Crippen LogP contribution in [-0.4, -0.2) is 46.5 Å². The van der Waals surface area contributed by atoms with Gasteiger partial charge in [0.2, 0.25) is 0 Å². The molecule has 2 aromatic carbocycles. The molecule has 8 nitrogen and oxygen atoms in total. The van der Waals surface area contributed by atoms with Gasteiger partial charge in [0, 0.05) is 10.6 Å². The summed E-state index contributed by atoms with van der Waals surface area (Å²) in [6.45, 7) is -1.36. The van der Waals surface area contributed by atoms with Crippen molar-refractivity contribution in [2.75, 3.05) is 0 Å². The lowest BCUT2D eigenvalue weighted by Gasteiger charge is -2.15. The molecular weight excluding hydrogens is 548 g/mol. The summed E-state index contributed by atoms with van der Waals surface area (Å²) in [5.74, 6) is -0.511. The molecule has 0 fully saturated rings. The first-order valence-corrected chi connectivity index (χ1v) is 10.8. The minimum Gasteiger partial charge on any atom is -0.382 e. The molecule has 0 saturated carbocycles. The first-order valence-electron chi connectivity index (χ1n) is 9.58. The first kappa shape index (κ1) is 24.1. The van der Waals surface area contributed by atoms with Crippen LogP contribution in [0.15, 0.2) is 58.1 Å². The highest BCUT2D eigenvalue weighted by Crippen LogP contribution is 2.24. The van der Waals surface area contributed by atoms with E-state index in [9.17, 15) is 27.5 Å². The average Bonchev–Trinajstić information content (AvgIpc) is 3.28. The predicted molar refractivity (Wildman–Crippen MR) is 117 cm³/mol. The van der Waals surface area contributed by atoms with E-state index in [4.69, 9.17) is 11.6 Å². The number of hydrogen-bond acceptors (Lipinski definition) is 5. The Morgan fingerprint density at radius 3 is 2.47 bits per heavy atom. The Hall–Kier alpha value is -3.03. The summed E-state index contributed by atoms with van der Waals surface area (Å²) < 4.78 is 55.6. The molecule has 0 spiro atoms. The quantitative estimate of drug-likeness (QED) is 0.362. The summed E-state index contributed by atoms with van der Waals surface area (Å²) in [5.41, 5.74) is -0.237. The van der Waals surface area contributed by atoms with Crippen molar-refractivity contribution in [3.63, 3.8) is 0 Å². The summed E-state index contributed by atoms with van der Waals surface area (Å²) in [4.78, 5) is 17.1. The third kappa shape index (κ3) is 5.05. The number of rotatable bonds is 6. The Kier molecular flexibility index (Phi) is 6.60. The van der Waals surface area contributed by atoms with Gasteiger partial charge in [0.15, 0.2) is 22.5 Å². The monoisotopic (exact) mass is 560 g/mol. The van der Waals surface area contributed by atoms with Gasteiger partial charge < -0.3 is 5.11 Å². The lowest BCUT2D eigenvalue weighted by atomic mass is 10.2. The van der Waals surface area contributed by atoms with Gasteiger partial charge in [0.1, 0.15) is 12.4 Å². The van der Waals surface area contributed by atoms with Crippen molar-refractivity contribution in [1.29, 1.82) is 0 Å². The molecule has 0 bridgehead atoms. The second-order valence-corrected chi connectivity index (χ2v) is 8.27. The smallest absolute Gasteiger partial charge is 0.382 e. The summed E-state index contributed by atoms with van der Waals surface area (Å²) >= 11 is 9.09. The molecule has 0 saturated heterocycles. The second-order valence-electron chi connectivity index (χ2n) is 7.13. The molecule has 34 heavy (non-hydrogen) atoms. The van der Waals surface area contributed by atoms with Gasteiger partial charge in [0.25, 0.3) is 0 Å². The molecule has 2 heterocycles. The molecule has 0 aliphatic heterocycles. The van der Waals surface area contributed by atoms with E-state index >= 15 is 0 Å². The lowest BCUT2D eigenvalue weighted by Crippen LogP contribution is -2.37. The fourth-order valence-electron chi connectivity index (χ4n) is 3.10. The third-order valence-corrected chi connectivity index (χ3v) is 5.48. The maximum Gasteiger partial charge on any atom is 0.416 e. The number of hydrogen-bond donors (Lipinski definition) is 1. The normalized spacial score (nSPS) is 12.8. The van der Waals surface area contributed by atoms with Crippen molar-refractivity contribution in [2.24, 2.45) is 0 Å². The number of alkyl halides is 3. The van der Waals surface area contributed by atoms with Crippen LogP contribution < -0.4 is 5.69 Å². The largest absolute Gasteiger partial charge is 0.416 e. The van der Waals surface area contributed by atoms with Gasteiger partial charge in [-0.2, -0.15) is 13.2 Å². The van der Waals surface area contributed by atoms with Crippen LogP contribution in [0.2, 0.25) is 5.02 Å². The highest BCUT2D eigenvalue weighted by atomic mass is 79.9. The Labute approximate surface area is 202 Å². The van der Waals surface area contributed by atoms with Crippen LogP contribution in [-0.2, 0) is 13.1 Å². The zero-order valence-corrected chi connectivity index (χ0v) is 19.3. The molecule has 2 aromatic heterocycles. The van der Waals surface area contributed by atoms with Crippen molar-refractivity contribution in [1.82, 2.24) is 29.1 Å². The van der Waals surface area contributed by atoms with Crippen LogP contribution in [0.4, 0.5) is 17.6 Å². The Bertz CT molecular complexity index is 1380. The van der Waals surface area contributed by atoms with E-state index in [1.807, 2.05) is 0 Å². The molecule has 0 aliphatic carbocycles. The van der Waals surface area contributed by atoms with Crippen LogP contribution >= 0.6 is 27.5 Å². The van der Waals surface area contributed by atoms with E-state index in [2.05, 4.69) is 31.1 Å². The lowest BCUT2D eigenvalue weighted by molar-refractivity contribution is -0.207. The van der Waals surface area contributed by atoms with Crippen molar-refractivity contribution < 1.29 is 22.7 Å². The van der Waals surface area contributed by atoms with Crippen molar-refractivity contribution in [3.05, 3.63) is 80.4 Å². The molecule has 1 atom stereocenters. The van der Waals surface area contributed by atoms with Crippen LogP contribution in [0.3, 0.4) is 0 Å². The molecule has 0 radical (unpaired) electrons. The average molecular weight is 562 g/mol. The van der Waals surface area contributed by atoms with Crippen LogP contribution in [0.25, 0.3) is 17.1 Å². The second kappa shape index (κ2) is 9.31. The zero-order chi connectivity index (χ0) is 24.6. The Morgan fingerprint density at radius 2 is 1.82 bits per heavy atom. The van der Waals surface area contributed by atoms with Gasteiger partial charge >= 0.3 is 11.9 Å². The maximum atomic E-state index is 13.6. The summed E-state index contributed by atoms with van der Waals surface area (Å²) in [6.07, 6.45) is -7.72. The Morgan fingerprint density at radius 1 is 1.12 bits per heavy atom. The van der Waals surface area contributed by atoms with Gasteiger partial charge in [-0.15, -0.1) is 10.2 Å². The van der Waals surface area contributed by atoms with E-state index in [0.717, 1.165) is 9.25 Å². The molecular formula is C20H14BrClF4N6O2. The zero-order valence-electron chi connectivity index (χ0n) is 16.9. The molecule has 14 heteroatoms. The molecule has 0 amide bonds. The highest BCUT2D eigenvalue weighted by molar-refractivity contribution is 9.10. The van der Waals surface area contributed by atoms with Crippen LogP contribution in [0.1, 0.15) is 5.82 Å². The van der Waals surface area contributed by atoms with Crippen LogP contribution in [0.5, 0.6) is 0 Å². The fourth-order valence-corrected chi connectivity index (χ4v) is 3.72. The van der Waals surface area contributed by atoms with Crippen molar-refractivity contribution in [2.45, 2.75) is 25.4 Å². The molecule has 0 aliphatic rings. The van der Waals surface area contributed by atoms with Crippen molar-refractivity contribution >= 4 is 27.5 Å². The summed E-state index contributed by atoms with van der Waals surface area (Å²) in [5, 5.41) is 18.3. The molecule has 4 aromatic rings. The molecule has 4 rings (SSSR count). The van der Waals surface area contributed by atoms with Gasteiger partial charge in [-0.3, -0.25) is 4.57 Å². The highest BCUT2D eigenvalue weighted by Gasteiger charge is 2.39. The van der Waals surface area contributed by atoms with E-state index in [-0.39, 0.29) is 22.9 Å². The number of benzene rings is 2. The van der Waals surface area contributed by atoms with Gasteiger partial charge in [-0.25, -0.2) is 23.5 Å². The molecule has 0 unspecified atom stereocenters. The summed E-state index contributed by atoms with van der Waals surface area (Å²) in [7, 11) is 0. The Balaban J connectivity index is 1.73. The minimum absolute atomic E-state index is 0.0851. The fraction of sp³-hybridized carbons (Fsp3) is 0.200. The van der Waals surface area contributed by atoms with Gasteiger partial charge in [-0.05, 0) is 58.4 Å². The molecule has 178 valence electrons. The third-order valence-electron chi connectivity index (χ3n) is 4.71. The molecule has 1 N–H and O–H groups in total. The van der Waals surface area contributed by atoms with E-state index in [0.29, 0.717) is 16.3 Å². The summed E-state index contributed by atoms with van der Waals surface area (Å²) in [6, 6.07) is 11.5. The van der Waals surface area contributed by atoms with E-state index in [1.54, 1.807) is 6.07 Å². The SMILES string of the molecule is O=c1n(Cc2nc(Br)n(-c3cccc(F)c3)n2)nc(-c2ccc(Cl)cc2)n1C[C@H](O)C(F)(F)F. The van der Waals surface area contributed by atoms with E-state index in [1.165, 1.54) is 47.1 Å². The minimum atomic E-state index is -4.94. The number of halogens is 6. The number of aliphatic hydroxyl groups excluding tert-OH is 1. The van der Waals surface area contributed by atoms with Gasteiger partial charge in [-0.1, -0.05) is 17.7 Å². The standard InChI is InChI=1S/C20H14BrClF4N6O2/c21-18-27-16(28-32(18)14-3-1-2-13(23)8-14)10-31-19(34)30(9-15(33)20(24,25)26)17(29-31)11-4-6-12(22)7-5-11/h1-8,15,33H,9-10H2/t15-/m0/s1. The number of aromatic nitrogens is 6. The van der Waals surface area contributed by atoms with Gasteiger partial charge in [0.05, 0.1) is 12.2 Å². The van der Waals surface area contributed by atoms with Crippen LogP contribution in [0, 0.1) is 5.82 Å². The van der Waals surface area contributed by atoms with Crippen molar-refractivity contribution in [3.8, 4) is 17.1 Å². The maximum absolute atomic E-state index is 13.6.